The number of nitrogens with one attached hydrogen (secondary N) is 1. The van der Waals surface area contributed by atoms with Crippen molar-refractivity contribution in [3.63, 3.8) is 0 Å². The van der Waals surface area contributed by atoms with E-state index in [-0.39, 0.29) is 23.7 Å². The highest BCUT2D eigenvalue weighted by molar-refractivity contribution is 6.33. The maximum atomic E-state index is 14.4. The molecule has 1 aliphatic carbocycles. The second kappa shape index (κ2) is 6.19. The molecule has 0 unspecified atom stereocenters. The summed E-state index contributed by atoms with van der Waals surface area (Å²) in [5, 5.41) is 3.91. The summed E-state index contributed by atoms with van der Waals surface area (Å²) in [5.74, 6) is -0.521. The van der Waals surface area contributed by atoms with E-state index in [0.29, 0.717) is 21.8 Å². The zero-order chi connectivity index (χ0) is 17.6. The lowest BCUT2D eigenvalue weighted by Crippen LogP contribution is -2.31. The number of rotatable bonds is 2. The van der Waals surface area contributed by atoms with Crippen LogP contribution in [-0.2, 0) is 4.74 Å². The Kier molecular flexibility index (Phi) is 4.00. The van der Waals surface area contributed by atoms with E-state index in [1.54, 1.807) is 24.3 Å². The van der Waals surface area contributed by atoms with Crippen molar-refractivity contribution in [1.82, 2.24) is 0 Å². The Hall–Kier alpha value is -2.33. The molecule has 1 heterocycles. The summed E-state index contributed by atoms with van der Waals surface area (Å²) in [6, 6.07) is 9.95. The molecule has 4 rings (SSSR count). The van der Waals surface area contributed by atoms with Crippen LogP contribution in [0.1, 0.15) is 39.9 Å². The van der Waals surface area contributed by atoms with Gasteiger partial charge in [0, 0.05) is 11.5 Å². The topological polar surface area (TPSA) is 38.3 Å². The van der Waals surface area contributed by atoms with Crippen LogP contribution < -0.4 is 5.32 Å². The summed E-state index contributed by atoms with van der Waals surface area (Å²) in [6.07, 6.45) is 4.98. The number of halogens is 2. The third kappa shape index (κ3) is 2.52. The average Bonchev–Trinajstić information content (AvgIpc) is 3.11. The Morgan fingerprint density at radius 3 is 2.84 bits per heavy atom. The van der Waals surface area contributed by atoms with Crippen molar-refractivity contribution >= 4 is 23.3 Å². The normalized spacial score (nSPS) is 23.6. The molecule has 2 aromatic carbocycles. The summed E-state index contributed by atoms with van der Waals surface area (Å²) in [6.45, 7) is 0. The van der Waals surface area contributed by atoms with Crippen LogP contribution in [0.2, 0.25) is 5.02 Å². The van der Waals surface area contributed by atoms with E-state index in [4.69, 9.17) is 16.3 Å². The molecule has 0 amide bonds. The second-order valence-corrected chi connectivity index (χ2v) is 6.78. The summed E-state index contributed by atoms with van der Waals surface area (Å²) in [4.78, 5) is 12.2. The number of allylic oxidation sites excluding steroid dienone is 2. The maximum Gasteiger partial charge on any atom is 0.338 e. The van der Waals surface area contributed by atoms with Gasteiger partial charge in [0.25, 0.3) is 0 Å². The lowest BCUT2D eigenvalue weighted by atomic mass is 9.75. The Bertz CT molecular complexity index is 880. The summed E-state index contributed by atoms with van der Waals surface area (Å²) in [7, 11) is 1.36. The molecular weight excluding hydrogens is 341 g/mol. The van der Waals surface area contributed by atoms with Crippen molar-refractivity contribution in [2.24, 2.45) is 5.92 Å². The van der Waals surface area contributed by atoms with Crippen molar-refractivity contribution < 1.29 is 13.9 Å². The first kappa shape index (κ1) is 16.2. The smallest absolute Gasteiger partial charge is 0.338 e. The SMILES string of the molecule is COC(=O)c1ccc(Cl)c2c1[C@@H]1C=CC[C@@H]1[C@@H](c1ccccc1F)N2. The first-order chi connectivity index (χ1) is 12.1. The molecule has 0 aromatic heterocycles. The van der Waals surface area contributed by atoms with E-state index in [9.17, 15) is 9.18 Å². The number of methoxy groups -OCH3 is 1. The van der Waals surface area contributed by atoms with Crippen molar-refractivity contribution in [3.05, 3.63) is 76.1 Å². The van der Waals surface area contributed by atoms with Crippen molar-refractivity contribution in [1.29, 1.82) is 0 Å². The van der Waals surface area contributed by atoms with Crippen LogP contribution in [0.3, 0.4) is 0 Å². The molecule has 0 radical (unpaired) electrons. The van der Waals surface area contributed by atoms with Gasteiger partial charge in [-0.1, -0.05) is 42.0 Å². The molecule has 3 atom stereocenters. The molecule has 25 heavy (non-hydrogen) atoms. The Morgan fingerprint density at radius 2 is 2.08 bits per heavy atom. The minimum Gasteiger partial charge on any atom is -0.465 e. The predicted molar refractivity (Wildman–Crippen MR) is 95.5 cm³/mol. The van der Waals surface area contributed by atoms with Crippen molar-refractivity contribution in [2.75, 3.05) is 12.4 Å². The van der Waals surface area contributed by atoms with Crippen LogP contribution in [-0.4, -0.2) is 13.1 Å². The van der Waals surface area contributed by atoms with Gasteiger partial charge in [-0.3, -0.25) is 0 Å². The molecule has 5 heteroatoms. The van der Waals surface area contributed by atoms with E-state index in [1.807, 2.05) is 6.07 Å². The monoisotopic (exact) mass is 357 g/mol. The number of ether oxygens (including phenoxy) is 1. The van der Waals surface area contributed by atoms with Gasteiger partial charge in [-0.05, 0) is 36.1 Å². The Balaban J connectivity index is 1.89. The molecule has 0 fully saturated rings. The number of benzene rings is 2. The van der Waals surface area contributed by atoms with Crippen LogP contribution in [0, 0.1) is 11.7 Å². The van der Waals surface area contributed by atoms with Gasteiger partial charge < -0.3 is 10.1 Å². The number of hydrogen-bond acceptors (Lipinski definition) is 3. The fourth-order valence-corrected chi connectivity index (χ4v) is 4.22. The van der Waals surface area contributed by atoms with Gasteiger partial charge in [-0.25, -0.2) is 9.18 Å². The number of carbonyl (C=O) groups excluding carboxylic acids is 1. The summed E-state index contributed by atoms with van der Waals surface area (Å²) >= 11 is 6.41. The van der Waals surface area contributed by atoms with Crippen LogP contribution >= 0.6 is 11.6 Å². The van der Waals surface area contributed by atoms with E-state index >= 15 is 0 Å². The molecule has 1 N–H and O–H groups in total. The van der Waals surface area contributed by atoms with E-state index in [2.05, 4.69) is 17.5 Å². The highest BCUT2D eigenvalue weighted by atomic mass is 35.5. The summed E-state index contributed by atoms with van der Waals surface area (Å²) in [5.41, 5.74) is 2.64. The largest absolute Gasteiger partial charge is 0.465 e. The third-order valence-electron chi connectivity index (χ3n) is 5.11. The van der Waals surface area contributed by atoms with E-state index < -0.39 is 5.97 Å². The average molecular weight is 358 g/mol. The van der Waals surface area contributed by atoms with Crippen molar-refractivity contribution in [2.45, 2.75) is 18.4 Å². The zero-order valence-electron chi connectivity index (χ0n) is 13.6. The number of hydrogen-bond donors (Lipinski definition) is 1. The number of fused-ring (bicyclic) bond motifs is 3. The van der Waals surface area contributed by atoms with Gasteiger partial charge in [0.15, 0.2) is 0 Å². The van der Waals surface area contributed by atoms with Gasteiger partial charge in [0.05, 0.1) is 29.4 Å². The third-order valence-corrected chi connectivity index (χ3v) is 5.43. The quantitative estimate of drug-likeness (QED) is 0.600. The molecule has 2 aromatic rings. The van der Waals surface area contributed by atoms with Gasteiger partial charge in [0.2, 0.25) is 0 Å². The molecule has 2 aliphatic rings. The number of anilines is 1. The minimum atomic E-state index is -0.391. The van der Waals surface area contributed by atoms with Gasteiger partial charge >= 0.3 is 5.97 Å². The first-order valence-electron chi connectivity index (χ1n) is 8.20. The minimum absolute atomic E-state index is 0.00587. The molecule has 0 saturated carbocycles. The molecule has 0 saturated heterocycles. The van der Waals surface area contributed by atoms with E-state index in [1.165, 1.54) is 13.2 Å². The number of carbonyl (C=O) groups is 1. The number of esters is 1. The van der Waals surface area contributed by atoms with E-state index in [0.717, 1.165) is 12.0 Å². The molecule has 0 spiro atoms. The highest BCUT2D eigenvalue weighted by Crippen LogP contribution is 2.52. The Morgan fingerprint density at radius 1 is 1.28 bits per heavy atom. The van der Waals surface area contributed by atoms with Gasteiger partial charge in [-0.15, -0.1) is 0 Å². The van der Waals surface area contributed by atoms with Crippen LogP contribution in [0.4, 0.5) is 10.1 Å². The lowest BCUT2D eigenvalue weighted by Gasteiger charge is -2.38. The van der Waals surface area contributed by atoms with Crippen molar-refractivity contribution in [3.8, 4) is 0 Å². The fraction of sp³-hybridized carbons (Fsp3) is 0.250. The van der Waals surface area contributed by atoms with Crippen LogP contribution in [0.25, 0.3) is 0 Å². The van der Waals surface area contributed by atoms with Gasteiger partial charge in [0.1, 0.15) is 5.82 Å². The standard InChI is InChI=1S/C20H17ClFNO2/c1-25-20(24)14-9-10-15(21)19-17(14)11-6-4-7-12(11)18(23-19)13-5-2-3-8-16(13)22/h2-6,8-12,18,23H,7H2,1H3/t11-,12+,18+/m1/s1. The molecule has 3 nitrogen and oxygen atoms in total. The Labute approximate surface area is 150 Å². The molecule has 0 bridgehead atoms. The first-order valence-corrected chi connectivity index (χ1v) is 8.58. The summed E-state index contributed by atoms with van der Waals surface area (Å²) < 4.78 is 19.3. The van der Waals surface area contributed by atoms with Gasteiger partial charge in [-0.2, -0.15) is 0 Å². The zero-order valence-corrected chi connectivity index (χ0v) is 14.4. The fourth-order valence-electron chi connectivity index (χ4n) is 4.00. The van der Waals surface area contributed by atoms with Crippen LogP contribution in [0.15, 0.2) is 48.6 Å². The molecule has 1 aliphatic heterocycles. The molecule has 128 valence electrons. The predicted octanol–water partition coefficient (Wildman–Crippen LogP) is 5.09. The second-order valence-electron chi connectivity index (χ2n) is 6.37. The highest BCUT2D eigenvalue weighted by Gasteiger charge is 2.41. The lowest BCUT2D eigenvalue weighted by molar-refractivity contribution is 0.0598. The maximum absolute atomic E-state index is 14.4. The van der Waals surface area contributed by atoms with Crippen LogP contribution in [0.5, 0.6) is 0 Å². The molecular formula is C20H17ClFNO2.